The SMILES string of the molecule is CC(C/C=C\C[C@H]1C2CCC(O2)[C@H]1/C=C/[C@@H](O)[C@@H](C)c1ccccc1)CC(=O)O. The van der Waals surface area contributed by atoms with Gasteiger partial charge in [-0.05, 0) is 43.1 Å². The highest BCUT2D eigenvalue weighted by atomic mass is 16.5. The summed E-state index contributed by atoms with van der Waals surface area (Å²) < 4.78 is 6.16. The molecule has 3 unspecified atom stereocenters. The maximum Gasteiger partial charge on any atom is 0.303 e. The van der Waals surface area contributed by atoms with Gasteiger partial charge in [0.25, 0.3) is 0 Å². The van der Waals surface area contributed by atoms with Crippen molar-refractivity contribution in [1.82, 2.24) is 0 Å². The van der Waals surface area contributed by atoms with Crippen molar-refractivity contribution in [3.8, 4) is 0 Å². The number of benzene rings is 1. The van der Waals surface area contributed by atoms with Crippen LogP contribution in [0.3, 0.4) is 0 Å². The van der Waals surface area contributed by atoms with Crippen LogP contribution in [0, 0.1) is 17.8 Å². The number of aliphatic hydroxyl groups is 1. The van der Waals surface area contributed by atoms with Gasteiger partial charge in [-0.2, -0.15) is 0 Å². The van der Waals surface area contributed by atoms with Gasteiger partial charge >= 0.3 is 5.97 Å². The van der Waals surface area contributed by atoms with Crippen molar-refractivity contribution in [2.45, 2.75) is 70.2 Å². The molecule has 158 valence electrons. The first-order valence-corrected chi connectivity index (χ1v) is 10.9. The minimum absolute atomic E-state index is 0.0565. The molecule has 0 aliphatic carbocycles. The third kappa shape index (κ3) is 5.80. The molecule has 2 fully saturated rings. The summed E-state index contributed by atoms with van der Waals surface area (Å²) in [5.41, 5.74) is 1.14. The Morgan fingerprint density at radius 2 is 1.90 bits per heavy atom. The second-order valence-electron chi connectivity index (χ2n) is 8.75. The number of rotatable bonds is 10. The average molecular weight is 399 g/mol. The van der Waals surface area contributed by atoms with E-state index in [1.807, 2.05) is 31.2 Å². The number of carbonyl (C=O) groups is 1. The number of allylic oxidation sites excluding steroid dienone is 2. The average Bonchev–Trinajstić information content (AvgIpc) is 3.30. The van der Waals surface area contributed by atoms with Gasteiger partial charge in [0.05, 0.1) is 18.3 Å². The van der Waals surface area contributed by atoms with Gasteiger partial charge in [0.1, 0.15) is 0 Å². The van der Waals surface area contributed by atoms with E-state index in [1.54, 1.807) is 0 Å². The molecule has 0 spiro atoms. The van der Waals surface area contributed by atoms with Gasteiger partial charge in [-0.15, -0.1) is 0 Å². The van der Waals surface area contributed by atoms with Gasteiger partial charge in [-0.1, -0.05) is 68.5 Å². The van der Waals surface area contributed by atoms with E-state index in [0.717, 1.165) is 31.2 Å². The normalized spacial score (nSPS) is 29.5. The summed E-state index contributed by atoms with van der Waals surface area (Å²) in [5.74, 6) is 0.259. The van der Waals surface area contributed by atoms with Gasteiger partial charge < -0.3 is 14.9 Å². The standard InChI is InChI=1S/C25H34O4/c1-17(16-25(27)28)8-6-7-11-20-21(24-15-14-23(20)29-24)12-13-22(26)18(2)19-9-4-3-5-10-19/h3-7,9-10,12-13,17-18,20-24,26H,8,11,14-16H2,1-2H3,(H,27,28)/b7-6-,13-12+/t17?,18-,20+,21-,22+,23?,24?/m0/s1. The van der Waals surface area contributed by atoms with E-state index >= 15 is 0 Å². The van der Waals surface area contributed by atoms with Crippen molar-refractivity contribution in [1.29, 1.82) is 0 Å². The van der Waals surface area contributed by atoms with Crippen LogP contribution in [0.1, 0.15) is 57.4 Å². The van der Waals surface area contributed by atoms with Gasteiger partial charge in [0.2, 0.25) is 0 Å². The molecule has 1 aromatic rings. The number of hydrogen-bond acceptors (Lipinski definition) is 3. The molecule has 2 N–H and O–H groups in total. The van der Waals surface area contributed by atoms with Crippen LogP contribution in [-0.2, 0) is 9.53 Å². The van der Waals surface area contributed by atoms with Crippen molar-refractivity contribution < 1.29 is 19.7 Å². The Morgan fingerprint density at radius 1 is 1.17 bits per heavy atom. The number of fused-ring (bicyclic) bond motifs is 2. The summed E-state index contributed by atoms with van der Waals surface area (Å²) in [6, 6.07) is 10.1. The molecule has 0 aromatic heterocycles. The molecule has 0 saturated carbocycles. The zero-order valence-electron chi connectivity index (χ0n) is 17.5. The van der Waals surface area contributed by atoms with E-state index in [1.165, 1.54) is 0 Å². The van der Waals surface area contributed by atoms with E-state index < -0.39 is 12.1 Å². The van der Waals surface area contributed by atoms with E-state index in [-0.39, 0.29) is 24.4 Å². The molecule has 1 aromatic carbocycles. The maximum absolute atomic E-state index is 10.8. The Kier molecular flexibility index (Phi) is 7.68. The summed E-state index contributed by atoms with van der Waals surface area (Å²) in [7, 11) is 0. The number of ether oxygens (including phenoxy) is 1. The number of carboxylic acid groups (broad SMARTS) is 1. The Morgan fingerprint density at radius 3 is 2.62 bits per heavy atom. The summed E-state index contributed by atoms with van der Waals surface area (Å²) in [5, 5.41) is 19.5. The molecule has 4 heteroatoms. The summed E-state index contributed by atoms with van der Waals surface area (Å²) in [6.07, 6.45) is 12.7. The molecule has 2 saturated heterocycles. The highest BCUT2D eigenvalue weighted by molar-refractivity contribution is 5.66. The first-order chi connectivity index (χ1) is 14.0. The van der Waals surface area contributed by atoms with E-state index in [2.05, 4.69) is 37.3 Å². The van der Waals surface area contributed by atoms with Crippen LogP contribution in [-0.4, -0.2) is 34.5 Å². The molecule has 3 rings (SSSR count). The molecule has 4 nitrogen and oxygen atoms in total. The van der Waals surface area contributed by atoms with Gasteiger partial charge in [0.15, 0.2) is 0 Å². The fourth-order valence-corrected chi connectivity index (χ4v) is 4.71. The van der Waals surface area contributed by atoms with Gasteiger partial charge in [-0.25, -0.2) is 0 Å². The molecule has 7 atom stereocenters. The highest BCUT2D eigenvalue weighted by Gasteiger charge is 2.46. The second kappa shape index (κ2) is 10.2. The predicted molar refractivity (Wildman–Crippen MR) is 115 cm³/mol. The summed E-state index contributed by atoms with van der Waals surface area (Å²) in [4.78, 5) is 10.8. The maximum atomic E-state index is 10.8. The molecule has 2 heterocycles. The van der Waals surface area contributed by atoms with Crippen molar-refractivity contribution in [3.63, 3.8) is 0 Å². The first-order valence-electron chi connectivity index (χ1n) is 10.9. The molecule has 0 radical (unpaired) electrons. The first kappa shape index (κ1) is 21.8. The third-order valence-electron chi connectivity index (χ3n) is 6.49. The van der Waals surface area contributed by atoms with E-state index in [4.69, 9.17) is 9.84 Å². The summed E-state index contributed by atoms with van der Waals surface area (Å²) in [6.45, 7) is 4.03. The number of aliphatic hydroxyl groups excluding tert-OH is 1. The van der Waals surface area contributed by atoms with Crippen LogP contribution in [0.15, 0.2) is 54.6 Å². The molecule has 2 aliphatic rings. The fourth-order valence-electron chi connectivity index (χ4n) is 4.71. The van der Waals surface area contributed by atoms with Crippen LogP contribution in [0.2, 0.25) is 0 Å². The Balaban J connectivity index is 1.56. The minimum atomic E-state index is -0.735. The molecule has 2 bridgehead atoms. The zero-order valence-corrected chi connectivity index (χ0v) is 17.5. The smallest absolute Gasteiger partial charge is 0.303 e. The number of aliphatic carboxylic acids is 1. The Bertz CT molecular complexity index is 711. The minimum Gasteiger partial charge on any atom is -0.481 e. The molecular weight excluding hydrogens is 364 g/mol. The van der Waals surface area contributed by atoms with Crippen LogP contribution in [0.25, 0.3) is 0 Å². The van der Waals surface area contributed by atoms with Crippen LogP contribution in [0.4, 0.5) is 0 Å². The molecular formula is C25H34O4. The van der Waals surface area contributed by atoms with Crippen molar-refractivity contribution in [2.24, 2.45) is 17.8 Å². The molecule has 2 aliphatic heterocycles. The Hall–Kier alpha value is -1.91. The highest BCUT2D eigenvalue weighted by Crippen LogP contribution is 2.46. The van der Waals surface area contributed by atoms with Gasteiger partial charge in [0, 0.05) is 18.3 Å². The fraction of sp³-hybridized carbons (Fsp3) is 0.560. The van der Waals surface area contributed by atoms with Gasteiger partial charge in [-0.3, -0.25) is 4.79 Å². The lowest BCUT2D eigenvalue weighted by atomic mass is 9.77. The van der Waals surface area contributed by atoms with Crippen LogP contribution in [0.5, 0.6) is 0 Å². The van der Waals surface area contributed by atoms with Crippen molar-refractivity contribution in [2.75, 3.05) is 0 Å². The van der Waals surface area contributed by atoms with Crippen LogP contribution >= 0.6 is 0 Å². The van der Waals surface area contributed by atoms with E-state index in [0.29, 0.717) is 17.9 Å². The molecule has 29 heavy (non-hydrogen) atoms. The molecule has 0 amide bonds. The van der Waals surface area contributed by atoms with Crippen molar-refractivity contribution in [3.05, 3.63) is 60.2 Å². The topological polar surface area (TPSA) is 66.8 Å². The lowest BCUT2D eigenvalue weighted by Gasteiger charge is -2.25. The Labute approximate surface area is 174 Å². The second-order valence-corrected chi connectivity index (χ2v) is 8.75. The van der Waals surface area contributed by atoms with Crippen molar-refractivity contribution >= 4 is 5.97 Å². The zero-order chi connectivity index (χ0) is 20.8. The third-order valence-corrected chi connectivity index (χ3v) is 6.49. The van der Waals surface area contributed by atoms with Crippen LogP contribution < -0.4 is 0 Å². The lowest BCUT2D eigenvalue weighted by Crippen LogP contribution is -2.26. The largest absolute Gasteiger partial charge is 0.481 e. The van der Waals surface area contributed by atoms with E-state index in [9.17, 15) is 9.90 Å². The number of hydrogen-bond donors (Lipinski definition) is 2. The predicted octanol–water partition coefficient (Wildman–Crippen LogP) is 4.95. The monoisotopic (exact) mass is 398 g/mol. The number of carboxylic acids is 1. The lowest BCUT2D eigenvalue weighted by molar-refractivity contribution is -0.137. The summed E-state index contributed by atoms with van der Waals surface area (Å²) >= 11 is 0. The quantitative estimate of drug-likeness (QED) is 0.547.